The lowest BCUT2D eigenvalue weighted by Gasteiger charge is -2.42. The van der Waals surface area contributed by atoms with Crippen LogP contribution in [0.2, 0.25) is 0 Å². The molecule has 5 nitrogen and oxygen atoms in total. The van der Waals surface area contributed by atoms with Gasteiger partial charge in [0, 0.05) is 28.4 Å². The Balaban J connectivity index is 2.78. The number of hydrogen-bond acceptors (Lipinski definition) is 5. The zero-order valence-corrected chi connectivity index (χ0v) is 11.6. The predicted molar refractivity (Wildman–Crippen MR) is 61.9 cm³/mol. The maximum Gasteiger partial charge on any atom is 0.141 e. The maximum atomic E-state index is 5.73. The molecule has 0 radical (unpaired) electrons. The number of methoxy groups -OCH3 is 4. The van der Waals surface area contributed by atoms with Gasteiger partial charge in [0.2, 0.25) is 0 Å². The zero-order chi connectivity index (χ0) is 12.1. The smallest absolute Gasteiger partial charge is 0.141 e. The van der Waals surface area contributed by atoms with Gasteiger partial charge in [0.25, 0.3) is 0 Å². The molecule has 1 aliphatic heterocycles. The third-order valence-corrected chi connectivity index (χ3v) is 3.46. The van der Waals surface area contributed by atoms with E-state index in [0.717, 1.165) is 0 Å². The van der Waals surface area contributed by atoms with Gasteiger partial charge in [0.05, 0.1) is 6.61 Å². The van der Waals surface area contributed by atoms with Gasteiger partial charge in [0.15, 0.2) is 0 Å². The van der Waals surface area contributed by atoms with Crippen molar-refractivity contribution in [3.05, 3.63) is 0 Å². The van der Waals surface area contributed by atoms with Gasteiger partial charge >= 0.3 is 0 Å². The molecule has 0 aromatic rings. The molecule has 0 aromatic carbocycles. The van der Waals surface area contributed by atoms with E-state index in [1.807, 2.05) is 0 Å². The number of hydrogen-bond donors (Lipinski definition) is 0. The summed E-state index contributed by atoms with van der Waals surface area (Å²) in [4.78, 5) is 0. The minimum absolute atomic E-state index is 0.171. The lowest BCUT2D eigenvalue weighted by Crippen LogP contribution is -2.59. The first-order valence-corrected chi connectivity index (χ1v) is 5.98. The van der Waals surface area contributed by atoms with E-state index in [9.17, 15) is 0 Å². The molecule has 1 saturated heterocycles. The molecule has 1 aliphatic rings. The molecule has 1 rings (SSSR count). The quantitative estimate of drug-likeness (QED) is 0.703. The van der Waals surface area contributed by atoms with E-state index in [0.29, 0.717) is 6.61 Å². The summed E-state index contributed by atoms with van der Waals surface area (Å²) in [6.07, 6.45) is -0.768. The minimum atomic E-state index is -0.228. The Kier molecular flexibility index (Phi) is 6.17. The Morgan fingerprint density at radius 1 is 0.938 bits per heavy atom. The highest BCUT2D eigenvalue weighted by Gasteiger charge is 2.45. The lowest BCUT2D eigenvalue weighted by molar-refractivity contribution is -0.227. The van der Waals surface area contributed by atoms with Crippen LogP contribution in [0.3, 0.4) is 0 Å². The third kappa shape index (κ3) is 2.94. The van der Waals surface area contributed by atoms with Crippen LogP contribution >= 0.6 is 15.9 Å². The summed E-state index contributed by atoms with van der Waals surface area (Å²) in [7, 11) is 6.52. The number of ether oxygens (including phenoxy) is 5. The highest BCUT2D eigenvalue weighted by molar-refractivity contribution is 9.09. The van der Waals surface area contributed by atoms with E-state index < -0.39 is 0 Å². The van der Waals surface area contributed by atoms with Crippen molar-refractivity contribution in [3.63, 3.8) is 0 Å². The van der Waals surface area contributed by atoms with Crippen LogP contribution in [0.5, 0.6) is 0 Å². The Hall–Kier alpha value is 0.280. The molecule has 0 spiro atoms. The van der Waals surface area contributed by atoms with E-state index in [1.165, 1.54) is 0 Å². The molecule has 6 heteroatoms. The Morgan fingerprint density at radius 2 is 1.50 bits per heavy atom. The van der Waals surface area contributed by atoms with Gasteiger partial charge in [-0.05, 0) is 0 Å². The highest BCUT2D eigenvalue weighted by Crippen LogP contribution is 2.29. The lowest BCUT2D eigenvalue weighted by atomic mass is 10.00. The van der Waals surface area contributed by atoms with Crippen molar-refractivity contribution in [1.29, 1.82) is 0 Å². The monoisotopic (exact) mass is 298 g/mol. The predicted octanol–water partition coefficient (Wildman–Crippen LogP) is 0.798. The fourth-order valence-corrected chi connectivity index (χ4v) is 2.76. The molecular weight excluding hydrogens is 280 g/mol. The molecular formula is C10H19BrO5. The first-order valence-electron chi connectivity index (χ1n) is 5.06. The van der Waals surface area contributed by atoms with Gasteiger partial charge < -0.3 is 23.7 Å². The van der Waals surface area contributed by atoms with Gasteiger partial charge in [-0.1, -0.05) is 15.9 Å². The first kappa shape index (κ1) is 14.3. The molecule has 16 heavy (non-hydrogen) atoms. The molecule has 0 N–H and O–H groups in total. The molecule has 5 atom stereocenters. The molecule has 96 valence electrons. The SMILES string of the molecule is COC[C@H]1O[C@H](Br)[C@@H](OC)[C@@H](OC)[C@@H]1OC. The number of rotatable bonds is 5. The van der Waals surface area contributed by atoms with Crippen LogP contribution in [0.1, 0.15) is 0 Å². The third-order valence-electron chi connectivity index (χ3n) is 2.72. The second-order valence-corrected chi connectivity index (χ2v) is 4.48. The normalized spacial score (nSPS) is 39.9. The van der Waals surface area contributed by atoms with Crippen molar-refractivity contribution in [2.75, 3.05) is 35.0 Å². The van der Waals surface area contributed by atoms with Crippen molar-refractivity contribution in [3.8, 4) is 0 Å². The molecule has 0 saturated carbocycles. The molecule has 0 bridgehead atoms. The topological polar surface area (TPSA) is 46.2 Å². The molecule has 0 aromatic heterocycles. The first-order chi connectivity index (χ1) is 7.69. The Bertz CT molecular complexity index is 204. The van der Waals surface area contributed by atoms with E-state index in [-0.39, 0.29) is 29.4 Å². The molecule has 0 amide bonds. The van der Waals surface area contributed by atoms with E-state index in [2.05, 4.69) is 15.9 Å². The van der Waals surface area contributed by atoms with Crippen LogP contribution in [0.25, 0.3) is 0 Å². The Labute approximate surface area is 104 Å². The minimum Gasteiger partial charge on any atom is -0.382 e. The van der Waals surface area contributed by atoms with Crippen LogP contribution < -0.4 is 0 Å². The van der Waals surface area contributed by atoms with Crippen molar-refractivity contribution < 1.29 is 23.7 Å². The summed E-state index contributed by atoms with van der Waals surface area (Å²) in [5.41, 5.74) is 0. The standard InChI is InChI=1S/C10H19BrO5/c1-12-5-6-7(13-2)8(14-3)9(15-4)10(11)16-6/h6-10H,5H2,1-4H3/t6-,7-,8+,9+,10+/m1/s1. The van der Waals surface area contributed by atoms with E-state index in [1.54, 1.807) is 28.4 Å². The van der Waals surface area contributed by atoms with Crippen molar-refractivity contribution >= 4 is 15.9 Å². The van der Waals surface area contributed by atoms with Gasteiger partial charge in [-0.3, -0.25) is 0 Å². The largest absolute Gasteiger partial charge is 0.382 e. The molecule has 1 fully saturated rings. The fraction of sp³-hybridized carbons (Fsp3) is 1.00. The van der Waals surface area contributed by atoms with Crippen LogP contribution in [0.15, 0.2) is 0 Å². The fourth-order valence-electron chi connectivity index (χ4n) is 1.96. The van der Waals surface area contributed by atoms with Crippen LogP contribution in [-0.4, -0.2) is 64.5 Å². The van der Waals surface area contributed by atoms with Crippen molar-refractivity contribution in [1.82, 2.24) is 0 Å². The average Bonchev–Trinajstić information content (AvgIpc) is 2.28. The second kappa shape index (κ2) is 6.88. The summed E-state index contributed by atoms with van der Waals surface area (Å²) in [5.74, 6) is 0. The van der Waals surface area contributed by atoms with Crippen LogP contribution in [0.4, 0.5) is 0 Å². The van der Waals surface area contributed by atoms with E-state index in [4.69, 9.17) is 23.7 Å². The van der Waals surface area contributed by atoms with Crippen LogP contribution in [-0.2, 0) is 23.7 Å². The summed E-state index contributed by atoms with van der Waals surface area (Å²) < 4.78 is 27.0. The summed E-state index contributed by atoms with van der Waals surface area (Å²) >= 11 is 3.42. The Morgan fingerprint density at radius 3 is 1.94 bits per heavy atom. The molecule has 0 unspecified atom stereocenters. The van der Waals surface area contributed by atoms with Gasteiger partial charge in [-0.15, -0.1) is 0 Å². The highest BCUT2D eigenvalue weighted by atomic mass is 79.9. The number of alkyl halides is 1. The average molecular weight is 299 g/mol. The van der Waals surface area contributed by atoms with Gasteiger partial charge in [-0.2, -0.15) is 0 Å². The number of halogens is 1. The maximum absolute atomic E-state index is 5.73. The van der Waals surface area contributed by atoms with Crippen LogP contribution in [0, 0.1) is 0 Å². The van der Waals surface area contributed by atoms with Gasteiger partial charge in [-0.25, -0.2) is 0 Å². The van der Waals surface area contributed by atoms with Crippen molar-refractivity contribution in [2.45, 2.75) is 29.4 Å². The zero-order valence-electron chi connectivity index (χ0n) is 10.0. The summed E-state index contributed by atoms with van der Waals surface area (Å²) in [6, 6.07) is 0. The molecule has 0 aliphatic carbocycles. The second-order valence-electron chi connectivity index (χ2n) is 3.58. The summed E-state index contributed by atoms with van der Waals surface area (Å²) in [6.45, 7) is 0.455. The molecule has 1 heterocycles. The van der Waals surface area contributed by atoms with Gasteiger partial charge in [0.1, 0.15) is 29.4 Å². The van der Waals surface area contributed by atoms with E-state index >= 15 is 0 Å². The summed E-state index contributed by atoms with van der Waals surface area (Å²) in [5, 5.41) is -0.228. The van der Waals surface area contributed by atoms with Crippen molar-refractivity contribution in [2.24, 2.45) is 0 Å².